The fraction of sp³-hybridized carbons (Fsp3) is 0.389. The first-order valence-corrected chi connectivity index (χ1v) is 10.3. The number of aryl methyl sites for hydroxylation is 2. The molecule has 4 heterocycles. The van der Waals surface area contributed by atoms with E-state index in [1.165, 1.54) is 6.20 Å². The van der Waals surface area contributed by atoms with Crippen LogP contribution in [0.5, 0.6) is 5.88 Å². The van der Waals surface area contributed by atoms with E-state index in [0.29, 0.717) is 29.9 Å². The molecule has 28 heavy (non-hydrogen) atoms. The second kappa shape index (κ2) is 7.12. The van der Waals surface area contributed by atoms with Gasteiger partial charge in [-0.3, -0.25) is 4.68 Å². The fourth-order valence-electron chi connectivity index (χ4n) is 3.42. The first-order chi connectivity index (χ1) is 13.4. The molecule has 10 heteroatoms. The fourth-order valence-corrected chi connectivity index (χ4v) is 4.66. The third-order valence-corrected chi connectivity index (χ3v) is 6.30. The molecule has 0 spiro atoms. The molecule has 9 nitrogen and oxygen atoms in total. The predicted molar refractivity (Wildman–Crippen MR) is 101 cm³/mol. The first-order valence-electron chi connectivity index (χ1n) is 8.82. The maximum Gasteiger partial charge on any atom is 0.242 e. The maximum atomic E-state index is 13.0. The van der Waals surface area contributed by atoms with Crippen molar-refractivity contribution in [2.75, 3.05) is 13.7 Å². The Labute approximate surface area is 162 Å². The van der Waals surface area contributed by atoms with Crippen LogP contribution in [0.3, 0.4) is 0 Å². The normalized spacial score (nSPS) is 20.0. The summed E-state index contributed by atoms with van der Waals surface area (Å²) < 4.78 is 41.1. The molecule has 1 aliphatic rings. The van der Waals surface area contributed by atoms with Crippen molar-refractivity contribution in [3.05, 3.63) is 41.9 Å². The minimum Gasteiger partial charge on any atom is -0.481 e. The molecule has 1 fully saturated rings. The Hall–Kier alpha value is -2.56. The van der Waals surface area contributed by atoms with Gasteiger partial charge in [-0.15, -0.1) is 0 Å². The molecule has 0 bridgehead atoms. The maximum absolute atomic E-state index is 13.0. The van der Waals surface area contributed by atoms with Gasteiger partial charge >= 0.3 is 0 Å². The van der Waals surface area contributed by atoms with E-state index in [4.69, 9.17) is 9.47 Å². The number of nitrogens with zero attached hydrogens (tertiary/aromatic N) is 4. The zero-order valence-corrected chi connectivity index (χ0v) is 16.6. The smallest absolute Gasteiger partial charge is 0.242 e. The lowest BCUT2D eigenvalue weighted by Gasteiger charge is -2.20. The van der Waals surface area contributed by atoms with Gasteiger partial charge < -0.3 is 9.47 Å². The van der Waals surface area contributed by atoms with Crippen molar-refractivity contribution in [1.82, 2.24) is 24.5 Å². The van der Waals surface area contributed by atoms with E-state index in [2.05, 4.69) is 19.8 Å². The summed E-state index contributed by atoms with van der Waals surface area (Å²) in [5.41, 5.74) is 2.17. The highest BCUT2D eigenvalue weighted by Gasteiger charge is 2.34. The number of rotatable bonds is 5. The number of hydrogen-bond acceptors (Lipinski definition) is 7. The van der Waals surface area contributed by atoms with E-state index in [-0.39, 0.29) is 4.90 Å². The van der Waals surface area contributed by atoms with E-state index in [1.54, 1.807) is 37.2 Å². The van der Waals surface area contributed by atoms with Crippen LogP contribution in [0.1, 0.15) is 23.8 Å². The SMILES string of the molecule is COc1ccc([C@H]2OCC[C@@H]2NS(=O)(=O)c2cnc3c(c2)c(C)nn3C)cn1. The van der Waals surface area contributed by atoms with Crippen molar-refractivity contribution in [3.8, 4) is 5.88 Å². The Morgan fingerprint density at radius 2 is 2.11 bits per heavy atom. The summed E-state index contributed by atoms with van der Waals surface area (Å²) in [6.45, 7) is 2.29. The average Bonchev–Trinajstić information content (AvgIpc) is 3.25. The molecule has 0 aromatic carbocycles. The van der Waals surface area contributed by atoms with Crippen molar-refractivity contribution in [1.29, 1.82) is 0 Å². The van der Waals surface area contributed by atoms with Gasteiger partial charge in [0.2, 0.25) is 15.9 Å². The van der Waals surface area contributed by atoms with Crippen molar-refractivity contribution >= 4 is 21.1 Å². The number of ether oxygens (including phenoxy) is 2. The van der Waals surface area contributed by atoms with Crippen LogP contribution in [0.2, 0.25) is 0 Å². The van der Waals surface area contributed by atoms with E-state index >= 15 is 0 Å². The molecule has 3 aromatic rings. The highest BCUT2D eigenvalue weighted by Crippen LogP contribution is 2.31. The lowest BCUT2D eigenvalue weighted by molar-refractivity contribution is 0.102. The van der Waals surface area contributed by atoms with E-state index in [9.17, 15) is 8.42 Å². The van der Waals surface area contributed by atoms with Crippen LogP contribution in [0.15, 0.2) is 35.5 Å². The number of nitrogens with one attached hydrogen (secondary N) is 1. The van der Waals surface area contributed by atoms with Crippen LogP contribution >= 0.6 is 0 Å². The number of aromatic nitrogens is 4. The van der Waals surface area contributed by atoms with Crippen LogP contribution in [-0.2, 0) is 21.8 Å². The van der Waals surface area contributed by atoms with Crippen LogP contribution in [0, 0.1) is 6.92 Å². The second-order valence-corrected chi connectivity index (χ2v) is 8.41. The Morgan fingerprint density at radius 1 is 1.29 bits per heavy atom. The quantitative estimate of drug-likeness (QED) is 0.687. The largest absolute Gasteiger partial charge is 0.481 e. The zero-order chi connectivity index (χ0) is 19.9. The summed E-state index contributed by atoms with van der Waals surface area (Å²) in [4.78, 5) is 8.55. The minimum atomic E-state index is -3.77. The summed E-state index contributed by atoms with van der Waals surface area (Å²) in [7, 11) is -0.454. The topological polar surface area (TPSA) is 108 Å². The van der Waals surface area contributed by atoms with Crippen LogP contribution in [-0.4, -0.2) is 47.9 Å². The van der Waals surface area contributed by atoms with Crippen molar-refractivity contribution in [2.45, 2.75) is 30.4 Å². The molecule has 0 amide bonds. The number of hydrogen-bond donors (Lipinski definition) is 1. The van der Waals surface area contributed by atoms with E-state index in [1.807, 2.05) is 13.0 Å². The zero-order valence-electron chi connectivity index (χ0n) is 15.8. The van der Waals surface area contributed by atoms with Crippen LogP contribution < -0.4 is 9.46 Å². The summed E-state index contributed by atoms with van der Waals surface area (Å²) in [6, 6.07) is 4.76. The number of methoxy groups -OCH3 is 1. The Balaban J connectivity index is 1.60. The molecular formula is C18H21N5O4S. The predicted octanol–water partition coefficient (Wildman–Crippen LogP) is 1.49. The molecule has 0 saturated carbocycles. The van der Waals surface area contributed by atoms with Gasteiger partial charge in [0.25, 0.3) is 0 Å². The molecule has 0 aliphatic carbocycles. The molecular weight excluding hydrogens is 382 g/mol. The van der Waals surface area contributed by atoms with Gasteiger partial charge in [-0.1, -0.05) is 0 Å². The monoisotopic (exact) mass is 403 g/mol. The molecule has 3 aromatic heterocycles. The summed E-state index contributed by atoms with van der Waals surface area (Å²) in [5.74, 6) is 0.491. The third kappa shape index (κ3) is 3.34. The Kier molecular flexibility index (Phi) is 4.77. The highest BCUT2D eigenvalue weighted by atomic mass is 32.2. The summed E-state index contributed by atoms with van der Waals surface area (Å²) >= 11 is 0. The molecule has 0 unspecified atom stereocenters. The number of pyridine rings is 2. The standard InChI is InChI=1S/C18H21N5O4S/c1-11-14-8-13(10-20-18(14)23(2)21-11)28(24,25)22-15-6-7-27-17(15)12-4-5-16(26-3)19-9-12/h4-5,8-10,15,17,22H,6-7H2,1-3H3/t15-,17+/m0/s1. The molecule has 148 valence electrons. The molecule has 0 radical (unpaired) electrons. The van der Waals surface area contributed by atoms with Crippen molar-refractivity contribution in [3.63, 3.8) is 0 Å². The third-order valence-electron chi connectivity index (χ3n) is 4.84. The van der Waals surface area contributed by atoms with Gasteiger partial charge in [-0.05, 0) is 25.5 Å². The molecule has 1 saturated heterocycles. The lowest BCUT2D eigenvalue weighted by atomic mass is 10.1. The second-order valence-electron chi connectivity index (χ2n) is 6.69. The summed E-state index contributed by atoms with van der Waals surface area (Å²) in [5, 5.41) is 5.00. The average molecular weight is 403 g/mol. The molecule has 2 atom stereocenters. The highest BCUT2D eigenvalue weighted by molar-refractivity contribution is 7.89. The first kappa shape index (κ1) is 18.8. The van der Waals surface area contributed by atoms with Gasteiger partial charge in [0, 0.05) is 43.1 Å². The van der Waals surface area contributed by atoms with Gasteiger partial charge in [0.05, 0.1) is 18.8 Å². The van der Waals surface area contributed by atoms with E-state index < -0.39 is 22.2 Å². The summed E-state index contributed by atoms with van der Waals surface area (Å²) in [6.07, 6.45) is 3.15. The van der Waals surface area contributed by atoms with Crippen molar-refractivity contribution < 1.29 is 17.9 Å². The van der Waals surface area contributed by atoms with E-state index in [0.717, 1.165) is 11.3 Å². The van der Waals surface area contributed by atoms with Crippen molar-refractivity contribution in [2.24, 2.45) is 7.05 Å². The minimum absolute atomic E-state index is 0.106. The van der Waals surface area contributed by atoms with Crippen LogP contribution in [0.25, 0.3) is 11.0 Å². The van der Waals surface area contributed by atoms with Gasteiger partial charge in [-0.25, -0.2) is 23.1 Å². The number of sulfonamides is 1. The lowest BCUT2D eigenvalue weighted by Crippen LogP contribution is -2.36. The Morgan fingerprint density at radius 3 is 2.82 bits per heavy atom. The number of fused-ring (bicyclic) bond motifs is 1. The van der Waals surface area contributed by atoms with Gasteiger partial charge in [0.15, 0.2) is 5.65 Å². The molecule has 1 N–H and O–H groups in total. The van der Waals surface area contributed by atoms with Gasteiger partial charge in [0.1, 0.15) is 11.0 Å². The van der Waals surface area contributed by atoms with Gasteiger partial charge in [-0.2, -0.15) is 5.10 Å². The molecule has 1 aliphatic heterocycles. The Bertz CT molecular complexity index is 1110. The molecule has 4 rings (SSSR count). The van der Waals surface area contributed by atoms with Crippen LogP contribution in [0.4, 0.5) is 0 Å².